The number of hydrogen-bond donors (Lipinski definition) is 1. The Balaban J connectivity index is 1.52. The van der Waals surface area contributed by atoms with E-state index in [4.69, 9.17) is 0 Å². The molecule has 0 amide bonds. The largest absolute Gasteiger partial charge is 0.317 e. The van der Waals surface area contributed by atoms with E-state index in [1.807, 2.05) is 0 Å². The molecule has 2 heteroatoms. The first-order valence-corrected chi connectivity index (χ1v) is 8.37. The zero-order chi connectivity index (χ0) is 13.8. The topological polar surface area (TPSA) is 15.3 Å². The van der Waals surface area contributed by atoms with Crippen molar-refractivity contribution >= 4 is 0 Å². The van der Waals surface area contributed by atoms with Gasteiger partial charge in [0, 0.05) is 6.54 Å². The lowest BCUT2D eigenvalue weighted by molar-refractivity contribution is 0.175. The monoisotopic (exact) mass is 272 g/mol. The Labute approximate surface area is 123 Å². The Kier molecular flexibility index (Phi) is 4.74. The van der Waals surface area contributed by atoms with Crippen LogP contribution in [-0.2, 0) is 6.54 Å². The van der Waals surface area contributed by atoms with Crippen LogP contribution in [0.4, 0.5) is 0 Å². The summed E-state index contributed by atoms with van der Waals surface area (Å²) in [4.78, 5) is 2.66. The summed E-state index contributed by atoms with van der Waals surface area (Å²) in [5, 5.41) is 3.50. The van der Waals surface area contributed by atoms with Crippen LogP contribution >= 0.6 is 0 Å². The number of nitrogens with zero attached hydrogens (tertiary/aromatic N) is 1. The van der Waals surface area contributed by atoms with Crippen LogP contribution in [0.25, 0.3) is 0 Å². The molecule has 3 rings (SSSR count). The Morgan fingerprint density at radius 2 is 1.85 bits per heavy atom. The summed E-state index contributed by atoms with van der Waals surface area (Å²) in [6.07, 6.45) is 5.53. The minimum Gasteiger partial charge on any atom is -0.317 e. The van der Waals surface area contributed by atoms with Crippen molar-refractivity contribution in [3.8, 4) is 0 Å². The van der Waals surface area contributed by atoms with Crippen LogP contribution in [0.2, 0.25) is 0 Å². The van der Waals surface area contributed by atoms with Gasteiger partial charge in [0.15, 0.2) is 0 Å². The fourth-order valence-corrected chi connectivity index (χ4v) is 3.41. The first-order valence-electron chi connectivity index (χ1n) is 8.37. The van der Waals surface area contributed by atoms with Gasteiger partial charge in [-0.05, 0) is 74.8 Å². The van der Waals surface area contributed by atoms with Gasteiger partial charge >= 0.3 is 0 Å². The van der Waals surface area contributed by atoms with Crippen molar-refractivity contribution in [2.45, 2.75) is 45.1 Å². The maximum Gasteiger partial charge on any atom is 0.0236 e. The normalized spacial score (nSPS) is 21.2. The van der Waals surface area contributed by atoms with E-state index in [-0.39, 0.29) is 0 Å². The van der Waals surface area contributed by atoms with E-state index in [1.165, 1.54) is 51.9 Å². The highest BCUT2D eigenvalue weighted by Gasteiger charge is 2.26. The second-order valence-electron chi connectivity index (χ2n) is 6.50. The molecule has 0 radical (unpaired) electrons. The molecule has 1 aliphatic carbocycles. The smallest absolute Gasteiger partial charge is 0.0236 e. The van der Waals surface area contributed by atoms with E-state index in [0.29, 0.717) is 0 Å². The number of likely N-dealkylation sites (tertiary alicyclic amines) is 1. The number of rotatable bonds is 6. The average molecular weight is 272 g/mol. The van der Waals surface area contributed by atoms with Gasteiger partial charge in [0.25, 0.3) is 0 Å². The van der Waals surface area contributed by atoms with Crippen LogP contribution in [0, 0.1) is 5.92 Å². The molecule has 0 unspecified atom stereocenters. The first kappa shape index (κ1) is 14.1. The molecule has 0 bridgehead atoms. The molecule has 1 aliphatic heterocycles. The highest BCUT2D eigenvalue weighted by molar-refractivity contribution is 5.33. The van der Waals surface area contributed by atoms with Crippen LogP contribution in [0.5, 0.6) is 0 Å². The molecule has 1 saturated heterocycles. The van der Waals surface area contributed by atoms with Gasteiger partial charge in [-0.15, -0.1) is 0 Å². The van der Waals surface area contributed by atoms with Gasteiger partial charge in [0.2, 0.25) is 0 Å². The third kappa shape index (κ3) is 3.62. The van der Waals surface area contributed by atoms with Gasteiger partial charge in [0.05, 0.1) is 0 Å². The predicted molar refractivity (Wildman–Crippen MR) is 85.0 cm³/mol. The molecule has 1 aromatic rings. The van der Waals surface area contributed by atoms with Gasteiger partial charge in [-0.3, -0.25) is 4.90 Å². The van der Waals surface area contributed by atoms with Crippen LogP contribution in [0.1, 0.15) is 49.7 Å². The molecule has 0 atom stereocenters. The van der Waals surface area contributed by atoms with E-state index >= 15 is 0 Å². The molecule has 0 aromatic heterocycles. The summed E-state index contributed by atoms with van der Waals surface area (Å²) < 4.78 is 0. The quantitative estimate of drug-likeness (QED) is 0.854. The van der Waals surface area contributed by atoms with Gasteiger partial charge in [-0.25, -0.2) is 0 Å². The molecule has 110 valence electrons. The summed E-state index contributed by atoms with van der Waals surface area (Å²) in [6, 6.07) is 9.11. The van der Waals surface area contributed by atoms with Crippen molar-refractivity contribution in [2.24, 2.45) is 5.92 Å². The van der Waals surface area contributed by atoms with Gasteiger partial charge in [0.1, 0.15) is 0 Å². The van der Waals surface area contributed by atoms with E-state index in [2.05, 4.69) is 41.4 Å². The SMILES string of the molecule is CCNCC1CCN(Cc2ccccc2C2CC2)CC1. The molecule has 2 nitrogen and oxygen atoms in total. The van der Waals surface area contributed by atoms with Crippen molar-refractivity contribution in [1.29, 1.82) is 0 Å². The standard InChI is InChI=1S/C18H28N2/c1-2-19-13-15-9-11-20(12-10-15)14-17-5-3-4-6-18(17)16-7-8-16/h3-6,15-16,19H,2,7-14H2,1H3. The maximum atomic E-state index is 3.50. The second-order valence-corrected chi connectivity index (χ2v) is 6.50. The molecule has 2 fully saturated rings. The summed E-state index contributed by atoms with van der Waals surface area (Å²) in [5.41, 5.74) is 3.21. The van der Waals surface area contributed by atoms with E-state index in [1.54, 1.807) is 11.1 Å². The lowest BCUT2D eigenvalue weighted by Crippen LogP contribution is -2.37. The highest BCUT2D eigenvalue weighted by atomic mass is 15.1. The number of piperidine rings is 1. The fraction of sp³-hybridized carbons (Fsp3) is 0.667. The third-order valence-corrected chi connectivity index (χ3v) is 4.86. The van der Waals surface area contributed by atoms with E-state index in [0.717, 1.165) is 18.4 Å². The molecule has 2 aliphatic rings. The highest BCUT2D eigenvalue weighted by Crippen LogP contribution is 2.41. The fourth-order valence-electron chi connectivity index (χ4n) is 3.41. The predicted octanol–water partition coefficient (Wildman–Crippen LogP) is 3.39. The Hall–Kier alpha value is -0.860. The van der Waals surface area contributed by atoms with Crippen LogP contribution < -0.4 is 5.32 Å². The Morgan fingerprint density at radius 1 is 1.10 bits per heavy atom. The van der Waals surface area contributed by atoms with Crippen molar-refractivity contribution in [3.63, 3.8) is 0 Å². The number of hydrogen-bond acceptors (Lipinski definition) is 2. The molecule has 1 N–H and O–H groups in total. The molecule has 20 heavy (non-hydrogen) atoms. The number of benzene rings is 1. The minimum atomic E-state index is 0.873. The zero-order valence-electron chi connectivity index (χ0n) is 12.8. The molecule has 0 spiro atoms. The van der Waals surface area contributed by atoms with Gasteiger partial charge in [-0.2, -0.15) is 0 Å². The van der Waals surface area contributed by atoms with Crippen LogP contribution in [-0.4, -0.2) is 31.1 Å². The van der Waals surface area contributed by atoms with Gasteiger partial charge in [-0.1, -0.05) is 31.2 Å². The van der Waals surface area contributed by atoms with Crippen molar-refractivity contribution in [2.75, 3.05) is 26.2 Å². The molecular formula is C18H28N2. The third-order valence-electron chi connectivity index (χ3n) is 4.86. The van der Waals surface area contributed by atoms with E-state index < -0.39 is 0 Å². The molecule has 1 saturated carbocycles. The minimum absolute atomic E-state index is 0.873. The summed E-state index contributed by atoms with van der Waals surface area (Å²) in [6.45, 7) is 8.23. The lowest BCUT2D eigenvalue weighted by atomic mass is 9.95. The Bertz CT molecular complexity index is 417. The average Bonchev–Trinajstić information content (AvgIpc) is 3.32. The summed E-state index contributed by atoms with van der Waals surface area (Å²) >= 11 is 0. The van der Waals surface area contributed by atoms with E-state index in [9.17, 15) is 0 Å². The maximum absolute atomic E-state index is 3.50. The number of nitrogens with one attached hydrogen (secondary N) is 1. The van der Waals surface area contributed by atoms with Crippen molar-refractivity contribution < 1.29 is 0 Å². The Morgan fingerprint density at radius 3 is 2.55 bits per heavy atom. The molecule has 1 aromatic carbocycles. The van der Waals surface area contributed by atoms with Crippen LogP contribution in [0.3, 0.4) is 0 Å². The second kappa shape index (κ2) is 6.73. The van der Waals surface area contributed by atoms with Crippen molar-refractivity contribution in [3.05, 3.63) is 35.4 Å². The first-order chi connectivity index (χ1) is 9.86. The summed E-state index contributed by atoms with van der Waals surface area (Å²) in [7, 11) is 0. The zero-order valence-corrected chi connectivity index (χ0v) is 12.8. The van der Waals surface area contributed by atoms with Crippen molar-refractivity contribution in [1.82, 2.24) is 10.2 Å². The van der Waals surface area contributed by atoms with Gasteiger partial charge < -0.3 is 5.32 Å². The van der Waals surface area contributed by atoms with Crippen LogP contribution in [0.15, 0.2) is 24.3 Å². The summed E-state index contributed by atoms with van der Waals surface area (Å²) in [5.74, 6) is 1.77. The molecular weight excluding hydrogens is 244 g/mol. The molecule has 1 heterocycles. The lowest BCUT2D eigenvalue weighted by Gasteiger charge is -2.32.